The van der Waals surface area contributed by atoms with Crippen molar-refractivity contribution >= 4 is 21.6 Å². The van der Waals surface area contributed by atoms with Gasteiger partial charge in [0, 0.05) is 31.2 Å². The average molecular weight is 450 g/mol. The summed E-state index contributed by atoms with van der Waals surface area (Å²) in [7, 11) is -3.73. The number of amides is 1. The fourth-order valence-corrected chi connectivity index (χ4v) is 7.62. The SMILES string of the molecule is CCNc1ccc(C(=O)NC2C3(C)CCC(C3)C2(C)C)cc1S(=O)(=O)N1CCOCC1. The Bertz CT molecular complexity index is 951. The van der Waals surface area contributed by atoms with Crippen molar-refractivity contribution in [3.8, 4) is 0 Å². The van der Waals surface area contributed by atoms with Crippen molar-refractivity contribution in [2.45, 2.75) is 57.9 Å². The fraction of sp³-hybridized carbons (Fsp3) is 0.696. The Kier molecular flexibility index (Phi) is 5.85. The summed E-state index contributed by atoms with van der Waals surface area (Å²) in [6.45, 7) is 10.7. The van der Waals surface area contributed by atoms with E-state index in [0.29, 0.717) is 50.0 Å². The normalized spacial score (nSPS) is 30.3. The number of carbonyl (C=O) groups excluding carboxylic acids is 1. The molecule has 1 aromatic rings. The van der Waals surface area contributed by atoms with Gasteiger partial charge in [-0.05, 0) is 61.1 Å². The van der Waals surface area contributed by atoms with Crippen molar-refractivity contribution in [1.29, 1.82) is 0 Å². The number of sulfonamides is 1. The molecule has 4 rings (SSSR count). The van der Waals surface area contributed by atoms with Gasteiger partial charge in [0.05, 0.1) is 18.9 Å². The molecule has 172 valence electrons. The molecule has 0 radical (unpaired) electrons. The Balaban J connectivity index is 1.63. The first-order valence-electron chi connectivity index (χ1n) is 11.4. The zero-order valence-corrected chi connectivity index (χ0v) is 19.8. The highest BCUT2D eigenvalue weighted by Gasteiger charge is 2.59. The molecule has 2 saturated carbocycles. The molecule has 1 heterocycles. The zero-order chi connectivity index (χ0) is 22.4. The number of anilines is 1. The Morgan fingerprint density at radius 1 is 1.23 bits per heavy atom. The smallest absolute Gasteiger partial charge is 0.251 e. The van der Waals surface area contributed by atoms with E-state index in [2.05, 4.69) is 31.4 Å². The lowest BCUT2D eigenvalue weighted by atomic mass is 9.68. The molecule has 3 aliphatic rings. The first-order valence-corrected chi connectivity index (χ1v) is 12.8. The van der Waals surface area contributed by atoms with E-state index < -0.39 is 10.0 Å². The molecular weight excluding hydrogens is 414 g/mol. The molecule has 3 fully saturated rings. The highest BCUT2D eigenvalue weighted by molar-refractivity contribution is 7.89. The van der Waals surface area contributed by atoms with Crippen molar-refractivity contribution in [3.05, 3.63) is 23.8 Å². The zero-order valence-electron chi connectivity index (χ0n) is 19.0. The maximum Gasteiger partial charge on any atom is 0.251 e. The van der Waals surface area contributed by atoms with E-state index in [1.807, 2.05) is 6.92 Å². The predicted molar refractivity (Wildman–Crippen MR) is 121 cm³/mol. The minimum Gasteiger partial charge on any atom is -0.384 e. The van der Waals surface area contributed by atoms with Crippen LogP contribution in [0.1, 0.15) is 57.3 Å². The van der Waals surface area contributed by atoms with E-state index in [9.17, 15) is 13.2 Å². The lowest BCUT2D eigenvalue weighted by Crippen LogP contribution is -2.52. The van der Waals surface area contributed by atoms with Crippen molar-refractivity contribution in [1.82, 2.24) is 9.62 Å². The van der Waals surface area contributed by atoms with Gasteiger partial charge in [0.1, 0.15) is 4.90 Å². The molecule has 3 unspecified atom stereocenters. The number of hydrogen-bond donors (Lipinski definition) is 2. The highest BCUT2D eigenvalue weighted by Crippen LogP contribution is 2.62. The van der Waals surface area contributed by atoms with Crippen LogP contribution in [0.5, 0.6) is 0 Å². The van der Waals surface area contributed by atoms with Gasteiger partial charge in [-0.1, -0.05) is 20.8 Å². The van der Waals surface area contributed by atoms with E-state index in [4.69, 9.17) is 4.74 Å². The summed E-state index contributed by atoms with van der Waals surface area (Å²) < 4.78 is 33.5. The third-order valence-electron chi connectivity index (χ3n) is 7.74. The number of carbonyl (C=O) groups is 1. The monoisotopic (exact) mass is 449 g/mol. The second-order valence-electron chi connectivity index (χ2n) is 10.1. The van der Waals surface area contributed by atoms with Crippen molar-refractivity contribution in [2.24, 2.45) is 16.7 Å². The summed E-state index contributed by atoms with van der Waals surface area (Å²) in [5, 5.41) is 6.41. The molecule has 2 aliphatic carbocycles. The second-order valence-corrected chi connectivity index (χ2v) is 12.0. The summed E-state index contributed by atoms with van der Waals surface area (Å²) >= 11 is 0. The van der Waals surface area contributed by atoms with Gasteiger partial charge in [-0.25, -0.2) is 8.42 Å². The van der Waals surface area contributed by atoms with Crippen LogP contribution in [-0.4, -0.2) is 57.5 Å². The van der Waals surface area contributed by atoms with Gasteiger partial charge in [0.15, 0.2) is 0 Å². The van der Waals surface area contributed by atoms with Gasteiger partial charge >= 0.3 is 0 Å². The Morgan fingerprint density at radius 3 is 2.55 bits per heavy atom. The number of nitrogens with one attached hydrogen (secondary N) is 2. The molecule has 7 nitrogen and oxygen atoms in total. The Hall–Kier alpha value is -1.64. The minimum atomic E-state index is -3.73. The number of fused-ring (bicyclic) bond motifs is 2. The van der Waals surface area contributed by atoms with Gasteiger partial charge < -0.3 is 15.4 Å². The van der Waals surface area contributed by atoms with Gasteiger partial charge in [-0.3, -0.25) is 4.79 Å². The van der Waals surface area contributed by atoms with Gasteiger partial charge in [0.25, 0.3) is 5.91 Å². The number of hydrogen-bond acceptors (Lipinski definition) is 5. The van der Waals surface area contributed by atoms with Crippen LogP contribution >= 0.6 is 0 Å². The Morgan fingerprint density at radius 2 is 1.94 bits per heavy atom. The van der Waals surface area contributed by atoms with Gasteiger partial charge in [-0.2, -0.15) is 4.31 Å². The minimum absolute atomic E-state index is 0.0368. The van der Waals surface area contributed by atoms with Crippen LogP contribution in [0.25, 0.3) is 0 Å². The van der Waals surface area contributed by atoms with Crippen LogP contribution in [0.4, 0.5) is 5.69 Å². The molecule has 0 aromatic heterocycles. The molecule has 2 bridgehead atoms. The van der Waals surface area contributed by atoms with Crippen LogP contribution in [0.3, 0.4) is 0 Å². The largest absolute Gasteiger partial charge is 0.384 e. The molecule has 2 N–H and O–H groups in total. The van der Waals surface area contributed by atoms with Gasteiger partial charge in [0.2, 0.25) is 10.0 Å². The first kappa shape index (κ1) is 22.6. The van der Waals surface area contributed by atoms with Crippen LogP contribution in [-0.2, 0) is 14.8 Å². The lowest BCUT2D eigenvalue weighted by Gasteiger charge is -2.43. The van der Waals surface area contributed by atoms with Crippen LogP contribution in [0.15, 0.2) is 23.1 Å². The van der Waals surface area contributed by atoms with Crippen molar-refractivity contribution in [3.63, 3.8) is 0 Å². The molecule has 1 aliphatic heterocycles. The topological polar surface area (TPSA) is 87.7 Å². The number of ether oxygens (including phenoxy) is 1. The summed E-state index contributed by atoms with van der Waals surface area (Å²) in [6, 6.07) is 5.04. The predicted octanol–water partition coefficient (Wildman–Crippen LogP) is 3.08. The maximum absolute atomic E-state index is 13.4. The molecule has 8 heteroatoms. The lowest BCUT2D eigenvalue weighted by molar-refractivity contribution is 0.0729. The number of morpholine rings is 1. The molecule has 3 atom stereocenters. The standard InChI is InChI=1S/C23H35N3O4S/c1-5-24-18-7-6-16(14-19(18)31(28,29)26-10-12-30-13-11-26)20(27)25-21-22(2,3)17-8-9-23(21,4)15-17/h6-7,14,17,21,24H,5,8-13,15H2,1-4H3,(H,25,27). The second kappa shape index (κ2) is 8.05. The Labute approximate surface area is 186 Å². The maximum atomic E-state index is 13.4. The number of benzene rings is 1. The number of nitrogens with zero attached hydrogens (tertiary/aromatic N) is 1. The summed E-state index contributed by atoms with van der Waals surface area (Å²) in [5.74, 6) is 0.421. The fourth-order valence-electron chi connectivity index (χ4n) is 6.02. The van der Waals surface area contributed by atoms with E-state index in [-0.39, 0.29) is 27.7 Å². The molecule has 31 heavy (non-hydrogen) atoms. The van der Waals surface area contributed by atoms with E-state index in [1.165, 1.54) is 16.8 Å². The van der Waals surface area contributed by atoms with E-state index in [1.54, 1.807) is 12.1 Å². The van der Waals surface area contributed by atoms with Gasteiger partial charge in [-0.15, -0.1) is 0 Å². The van der Waals surface area contributed by atoms with Crippen LogP contribution in [0.2, 0.25) is 0 Å². The highest BCUT2D eigenvalue weighted by atomic mass is 32.2. The molecule has 0 spiro atoms. The van der Waals surface area contributed by atoms with E-state index >= 15 is 0 Å². The van der Waals surface area contributed by atoms with E-state index in [0.717, 1.165) is 12.8 Å². The third kappa shape index (κ3) is 3.87. The van der Waals surface area contributed by atoms with Crippen LogP contribution in [0, 0.1) is 16.7 Å². The molecule has 1 amide bonds. The quantitative estimate of drug-likeness (QED) is 0.697. The summed E-state index contributed by atoms with van der Waals surface area (Å²) in [6.07, 6.45) is 3.48. The van der Waals surface area contributed by atoms with Crippen molar-refractivity contribution < 1.29 is 17.9 Å². The number of rotatable bonds is 6. The third-order valence-corrected chi connectivity index (χ3v) is 9.68. The summed E-state index contributed by atoms with van der Waals surface area (Å²) in [5.41, 5.74) is 1.05. The molecular formula is C23H35N3O4S. The first-order chi connectivity index (χ1) is 14.6. The summed E-state index contributed by atoms with van der Waals surface area (Å²) in [4.78, 5) is 13.4. The average Bonchev–Trinajstić information content (AvgIpc) is 3.23. The molecule has 1 saturated heterocycles. The van der Waals surface area contributed by atoms with Crippen molar-refractivity contribution in [2.75, 3.05) is 38.2 Å². The van der Waals surface area contributed by atoms with Crippen LogP contribution < -0.4 is 10.6 Å². The molecule has 1 aromatic carbocycles.